The Morgan fingerprint density at radius 3 is 2.65 bits per heavy atom. The standard InChI is InChI=1S/C19H20ClNO5/c1-12(26-16-5-3-4-15(20)11-16)18(22)21-9-8-13-6-7-14(19(23)24)10-17(13)25-2/h3-7,10-12H,8-9H2,1-2H3,(H,21,22)(H,23,24). The van der Waals surface area contributed by atoms with Gasteiger partial charge >= 0.3 is 5.97 Å². The van der Waals surface area contributed by atoms with Crippen molar-refractivity contribution in [1.82, 2.24) is 5.32 Å². The van der Waals surface area contributed by atoms with Gasteiger partial charge in [0.2, 0.25) is 0 Å². The third-order valence-electron chi connectivity index (χ3n) is 3.71. The molecule has 0 radical (unpaired) electrons. The summed E-state index contributed by atoms with van der Waals surface area (Å²) in [6.45, 7) is 2.02. The first-order chi connectivity index (χ1) is 12.4. The van der Waals surface area contributed by atoms with Crippen LogP contribution in [0.15, 0.2) is 42.5 Å². The van der Waals surface area contributed by atoms with Crippen LogP contribution in [0.2, 0.25) is 5.02 Å². The van der Waals surface area contributed by atoms with E-state index in [1.807, 2.05) is 0 Å². The lowest BCUT2D eigenvalue weighted by atomic mass is 10.1. The number of benzene rings is 2. The van der Waals surface area contributed by atoms with Crippen molar-refractivity contribution in [3.8, 4) is 11.5 Å². The molecule has 2 aromatic carbocycles. The fourth-order valence-electron chi connectivity index (χ4n) is 2.35. The Hall–Kier alpha value is -2.73. The minimum Gasteiger partial charge on any atom is -0.496 e. The molecular formula is C19H20ClNO5. The lowest BCUT2D eigenvalue weighted by Gasteiger charge is -2.15. The summed E-state index contributed by atoms with van der Waals surface area (Å²) in [5.74, 6) is -0.283. The van der Waals surface area contributed by atoms with Crippen molar-refractivity contribution in [3.05, 3.63) is 58.6 Å². The number of ether oxygens (including phenoxy) is 2. The summed E-state index contributed by atoms with van der Waals surface area (Å²) in [7, 11) is 1.48. The van der Waals surface area contributed by atoms with Crippen LogP contribution in [0, 0.1) is 0 Å². The molecule has 0 aliphatic carbocycles. The van der Waals surface area contributed by atoms with Gasteiger partial charge in [0, 0.05) is 11.6 Å². The minimum absolute atomic E-state index is 0.151. The van der Waals surface area contributed by atoms with Crippen molar-refractivity contribution >= 4 is 23.5 Å². The largest absolute Gasteiger partial charge is 0.496 e. The number of carboxylic acids is 1. The van der Waals surface area contributed by atoms with E-state index in [-0.39, 0.29) is 11.5 Å². The van der Waals surface area contributed by atoms with Crippen molar-refractivity contribution in [2.24, 2.45) is 0 Å². The number of aromatic carboxylic acids is 1. The first kappa shape index (κ1) is 19.6. The van der Waals surface area contributed by atoms with Crippen molar-refractivity contribution in [3.63, 3.8) is 0 Å². The van der Waals surface area contributed by atoms with Crippen LogP contribution in [0.1, 0.15) is 22.8 Å². The number of nitrogens with one attached hydrogen (secondary N) is 1. The zero-order chi connectivity index (χ0) is 19.1. The van der Waals surface area contributed by atoms with Crippen LogP contribution in [-0.4, -0.2) is 36.7 Å². The predicted octanol–water partition coefficient (Wildman–Crippen LogP) is 3.17. The van der Waals surface area contributed by atoms with Gasteiger partial charge in [-0.05, 0) is 49.2 Å². The van der Waals surface area contributed by atoms with Crippen LogP contribution in [0.25, 0.3) is 0 Å². The summed E-state index contributed by atoms with van der Waals surface area (Å²) in [5, 5.41) is 12.3. The van der Waals surface area contributed by atoms with Gasteiger partial charge in [-0.25, -0.2) is 4.79 Å². The maximum absolute atomic E-state index is 12.1. The van der Waals surface area contributed by atoms with Crippen LogP contribution >= 0.6 is 11.6 Å². The van der Waals surface area contributed by atoms with Gasteiger partial charge in [-0.3, -0.25) is 4.79 Å². The molecule has 6 nitrogen and oxygen atoms in total. The maximum Gasteiger partial charge on any atom is 0.335 e. The number of methoxy groups -OCH3 is 1. The highest BCUT2D eigenvalue weighted by molar-refractivity contribution is 6.30. The van der Waals surface area contributed by atoms with E-state index in [1.165, 1.54) is 19.2 Å². The normalized spacial score (nSPS) is 11.5. The Morgan fingerprint density at radius 1 is 1.23 bits per heavy atom. The highest BCUT2D eigenvalue weighted by Crippen LogP contribution is 2.21. The number of amides is 1. The smallest absolute Gasteiger partial charge is 0.335 e. The van der Waals surface area contributed by atoms with E-state index in [9.17, 15) is 9.59 Å². The zero-order valence-corrected chi connectivity index (χ0v) is 15.2. The molecule has 0 spiro atoms. The fraction of sp³-hybridized carbons (Fsp3) is 0.263. The summed E-state index contributed by atoms with van der Waals surface area (Å²) >= 11 is 5.89. The molecule has 0 saturated carbocycles. The van der Waals surface area contributed by atoms with Crippen LogP contribution < -0.4 is 14.8 Å². The number of hydrogen-bond donors (Lipinski definition) is 2. The molecule has 1 amide bonds. The Labute approximate surface area is 156 Å². The summed E-state index contributed by atoms with van der Waals surface area (Å²) in [6, 6.07) is 11.5. The van der Waals surface area contributed by atoms with E-state index >= 15 is 0 Å². The van der Waals surface area contributed by atoms with E-state index in [2.05, 4.69) is 5.32 Å². The van der Waals surface area contributed by atoms with Gasteiger partial charge in [0.1, 0.15) is 11.5 Å². The number of hydrogen-bond acceptors (Lipinski definition) is 4. The predicted molar refractivity (Wildman–Crippen MR) is 98.2 cm³/mol. The maximum atomic E-state index is 12.1. The average molecular weight is 378 g/mol. The van der Waals surface area contributed by atoms with Crippen molar-refractivity contribution in [2.45, 2.75) is 19.4 Å². The molecule has 2 N–H and O–H groups in total. The van der Waals surface area contributed by atoms with Gasteiger partial charge < -0.3 is 19.9 Å². The number of carbonyl (C=O) groups is 2. The number of halogens is 1. The summed E-state index contributed by atoms with van der Waals surface area (Å²) in [4.78, 5) is 23.1. The van der Waals surface area contributed by atoms with E-state index in [4.69, 9.17) is 26.2 Å². The Kier molecular flexibility index (Phi) is 6.86. The molecule has 138 valence electrons. The first-order valence-electron chi connectivity index (χ1n) is 8.01. The Bertz CT molecular complexity index is 793. The van der Waals surface area contributed by atoms with Gasteiger partial charge in [0.05, 0.1) is 12.7 Å². The Balaban J connectivity index is 1.88. The van der Waals surface area contributed by atoms with Gasteiger partial charge in [-0.15, -0.1) is 0 Å². The zero-order valence-electron chi connectivity index (χ0n) is 14.5. The molecule has 0 fully saturated rings. The average Bonchev–Trinajstić information content (AvgIpc) is 2.61. The molecule has 2 aromatic rings. The molecule has 1 unspecified atom stereocenters. The van der Waals surface area contributed by atoms with Crippen molar-refractivity contribution in [1.29, 1.82) is 0 Å². The topological polar surface area (TPSA) is 84.9 Å². The summed E-state index contributed by atoms with van der Waals surface area (Å²) in [6.07, 6.45) is -0.177. The molecule has 26 heavy (non-hydrogen) atoms. The summed E-state index contributed by atoms with van der Waals surface area (Å²) in [5.41, 5.74) is 0.958. The summed E-state index contributed by atoms with van der Waals surface area (Å²) < 4.78 is 10.8. The highest BCUT2D eigenvalue weighted by atomic mass is 35.5. The van der Waals surface area contributed by atoms with Crippen molar-refractivity contribution < 1.29 is 24.2 Å². The third-order valence-corrected chi connectivity index (χ3v) is 3.94. The van der Waals surface area contributed by atoms with Gasteiger partial charge in [0.25, 0.3) is 5.91 Å². The number of carbonyl (C=O) groups excluding carboxylic acids is 1. The Morgan fingerprint density at radius 2 is 2.00 bits per heavy atom. The SMILES string of the molecule is COc1cc(C(=O)O)ccc1CCNC(=O)C(C)Oc1cccc(Cl)c1. The number of rotatable bonds is 8. The van der Waals surface area contributed by atoms with E-state index in [0.717, 1.165) is 5.56 Å². The minimum atomic E-state index is -1.02. The molecular weight excluding hydrogens is 358 g/mol. The molecule has 0 aliphatic heterocycles. The third kappa shape index (κ3) is 5.39. The van der Waals surface area contributed by atoms with Crippen LogP contribution in [0.5, 0.6) is 11.5 Å². The van der Waals surface area contributed by atoms with Gasteiger partial charge in [0.15, 0.2) is 6.10 Å². The molecule has 0 aliphatic rings. The molecule has 0 aromatic heterocycles. The quantitative estimate of drug-likeness (QED) is 0.738. The van der Waals surface area contributed by atoms with E-state index in [1.54, 1.807) is 37.3 Å². The van der Waals surface area contributed by atoms with Crippen LogP contribution in [0.3, 0.4) is 0 Å². The highest BCUT2D eigenvalue weighted by Gasteiger charge is 2.15. The molecule has 0 bridgehead atoms. The second-order valence-electron chi connectivity index (χ2n) is 5.59. The molecule has 0 heterocycles. The molecule has 7 heteroatoms. The lowest BCUT2D eigenvalue weighted by molar-refractivity contribution is -0.127. The second-order valence-corrected chi connectivity index (χ2v) is 6.03. The van der Waals surface area contributed by atoms with E-state index in [0.29, 0.717) is 29.5 Å². The molecule has 0 saturated heterocycles. The van der Waals surface area contributed by atoms with Crippen LogP contribution in [-0.2, 0) is 11.2 Å². The monoisotopic (exact) mass is 377 g/mol. The van der Waals surface area contributed by atoms with Crippen LogP contribution in [0.4, 0.5) is 0 Å². The van der Waals surface area contributed by atoms with Gasteiger partial charge in [-0.2, -0.15) is 0 Å². The van der Waals surface area contributed by atoms with Crippen molar-refractivity contribution in [2.75, 3.05) is 13.7 Å². The van der Waals surface area contributed by atoms with E-state index < -0.39 is 12.1 Å². The fourth-order valence-corrected chi connectivity index (χ4v) is 2.53. The number of carboxylic acid groups (broad SMARTS) is 1. The first-order valence-corrected chi connectivity index (χ1v) is 8.38. The second kappa shape index (κ2) is 9.10. The lowest BCUT2D eigenvalue weighted by Crippen LogP contribution is -2.37. The molecule has 1 atom stereocenters. The van der Waals surface area contributed by atoms with Gasteiger partial charge in [-0.1, -0.05) is 23.7 Å². The molecule has 2 rings (SSSR count).